The fourth-order valence-electron chi connectivity index (χ4n) is 0.881. The van der Waals surface area contributed by atoms with E-state index in [1.807, 2.05) is 0 Å². The molecule has 0 aliphatic carbocycles. The van der Waals surface area contributed by atoms with Crippen molar-refractivity contribution in [3.05, 3.63) is 28.7 Å². The Morgan fingerprint density at radius 3 is 2.85 bits per heavy atom. The Kier molecular flexibility index (Phi) is 2.45. The van der Waals surface area contributed by atoms with Crippen molar-refractivity contribution in [1.82, 2.24) is 5.32 Å². The molecule has 0 unspecified atom stereocenters. The molecule has 1 amide bonds. The van der Waals surface area contributed by atoms with Crippen LogP contribution in [-0.2, 0) is 0 Å². The first-order valence-corrected chi connectivity index (χ1v) is 3.57. The summed E-state index contributed by atoms with van der Waals surface area (Å²) in [6.07, 6.45) is 0. The first-order chi connectivity index (χ1) is 6.19. The molecule has 66 valence electrons. The Bertz CT molecular complexity index is 381. The molecule has 0 heterocycles. The zero-order valence-corrected chi connectivity index (χ0v) is 6.94. The number of benzene rings is 1. The molecule has 1 aromatic rings. The quantitative estimate of drug-likeness (QED) is 0.638. The van der Waals surface area contributed by atoms with E-state index in [2.05, 4.69) is 10.3 Å². The third kappa shape index (κ3) is 1.73. The number of hydrogen-bond donors (Lipinski definition) is 1. The Morgan fingerprint density at radius 1 is 1.62 bits per heavy atom. The number of amides is 1. The third-order valence-corrected chi connectivity index (χ3v) is 1.56. The van der Waals surface area contributed by atoms with Crippen LogP contribution >= 0.6 is 0 Å². The van der Waals surface area contributed by atoms with E-state index in [-0.39, 0.29) is 17.2 Å². The van der Waals surface area contributed by atoms with Gasteiger partial charge >= 0.3 is 5.69 Å². The van der Waals surface area contributed by atoms with Crippen LogP contribution < -0.4 is 10.4 Å². The molecule has 13 heavy (non-hydrogen) atoms. The van der Waals surface area contributed by atoms with E-state index in [1.54, 1.807) is 0 Å². The Hall–Kier alpha value is -2.09. The third-order valence-electron chi connectivity index (χ3n) is 1.56. The number of carbonyl (C=O) groups is 1. The number of diazo groups is 1. The molecule has 0 atom stereocenters. The van der Waals surface area contributed by atoms with E-state index >= 15 is 0 Å². The molecule has 0 radical (unpaired) electrons. The second-order valence-corrected chi connectivity index (χ2v) is 2.36. The normalized spacial score (nSPS) is 8.92. The van der Waals surface area contributed by atoms with Gasteiger partial charge in [-0.05, 0) is 11.8 Å². The van der Waals surface area contributed by atoms with Gasteiger partial charge in [-0.1, -0.05) is 6.07 Å². The second-order valence-electron chi connectivity index (χ2n) is 2.36. The Balaban J connectivity index is 3.15. The molecule has 1 rings (SSSR count). The molecule has 1 aromatic carbocycles. The lowest BCUT2D eigenvalue weighted by Gasteiger charge is -2.02. The molecule has 0 saturated heterocycles. The highest BCUT2D eigenvalue weighted by Gasteiger charge is 2.10. The number of nitrogens with one attached hydrogen (secondary N) is 1. The lowest BCUT2D eigenvalue weighted by Crippen LogP contribution is -2.17. The topological polar surface area (TPSA) is 80.3 Å². The Morgan fingerprint density at radius 2 is 2.31 bits per heavy atom. The summed E-state index contributed by atoms with van der Waals surface area (Å²) in [4.78, 5) is 13.8. The van der Waals surface area contributed by atoms with Gasteiger partial charge in [-0.15, -0.1) is 0 Å². The van der Waals surface area contributed by atoms with Crippen molar-refractivity contribution in [3.63, 3.8) is 0 Å². The molecule has 0 fully saturated rings. The summed E-state index contributed by atoms with van der Waals surface area (Å²) in [6.45, 7) is 0. The lowest BCUT2D eigenvalue weighted by atomic mass is 10.2. The van der Waals surface area contributed by atoms with Crippen molar-refractivity contribution >= 4 is 11.6 Å². The van der Waals surface area contributed by atoms with Gasteiger partial charge in [0.2, 0.25) is 5.39 Å². The highest BCUT2D eigenvalue weighted by molar-refractivity contribution is 5.95. The summed E-state index contributed by atoms with van der Waals surface area (Å²) < 4.78 is 0. The molecule has 0 saturated carbocycles. The fraction of sp³-hybridized carbons (Fsp3) is 0.125. The number of rotatable bonds is 1. The fourth-order valence-corrected chi connectivity index (χ4v) is 0.881. The molecule has 0 aromatic heterocycles. The van der Waals surface area contributed by atoms with Crippen LogP contribution in [0.15, 0.2) is 18.2 Å². The van der Waals surface area contributed by atoms with Crippen LogP contribution in [-0.4, -0.2) is 13.0 Å². The van der Waals surface area contributed by atoms with Gasteiger partial charge in [0.1, 0.15) is 0 Å². The molecular formula is C8H7N3O2. The average Bonchev–Trinajstić information content (AvgIpc) is 2.17. The van der Waals surface area contributed by atoms with Crippen LogP contribution in [0.2, 0.25) is 0 Å². The van der Waals surface area contributed by atoms with E-state index in [4.69, 9.17) is 5.39 Å². The minimum absolute atomic E-state index is 0.138. The minimum atomic E-state index is -0.421. The molecular weight excluding hydrogens is 170 g/mol. The van der Waals surface area contributed by atoms with Gasteiger partial charge in [-0.2, -0.15) is 0 Å². The minimum Gasteiger partial charge on any atom is -0.867 e. The number of carbonyl (C=O) groups excluding carboxylic acids is 1. The second kappa shape index (κ2) is 3.54. The maximum atomic E-state index is 11.1. The molecule has 5 nitrogen and oxygen atoms in total. The van der Waals surface area contributed by atoms with Crippen LogP contribution in [0.25, 0.3) is 4.98 Å². The van der Waals surface area contributed by atoms with Gasteiger partial charge in [0, 0.05) is 18.7 Å². The molecule has 5 heteroatoms. The first kappa shape index (κ1) is 9.00. The van der Waals surface area contributed by atoms with Crippen LogP contribution in [0, 0.1) is 5.39 Å². The summed E-state index contributed by atoms with van der Waals surface area (Å²) >= 11 is 0. The van der Waals surface area contributed by atoms with Crippen molar-refractivity contribution in [2.45, 2.75) is 0 Å². The van der Waals surface area contributed by atoms with Crippen molar-refractivity contribution in [2.24, 2.45) is 0 Å². The van der Waals surface area contributed by atoms with Crippen LogP contribution in [0.4, 0.5) is 5.69 Å². The Labute approximate surface area is 74.6 Å². The molecule has 0 spiro atoms. The van der Waals surface area contributed by atoms with E-state index < -0.39 is 5.75 Å². The SMILES string of the molecule is CNC(=O)c1ccc([O-])c([N+]#N)c1. The van der Waals surface area contributed by atoms with E-state index in [0.29, 0.717) is 0 Å². The molecule has 0 aliphatic heterocycles. The van der Waals surface area contributed by atoms with E-state index in [1.165, 1.54) is 25.2 Å². The summed E-state index contributed by atoms with van der Waals surface area (Å²) in [5, 5.41) is 21.7. The van der Waals surface area contributed by atoms with Crippen LogP contribution in [0.3, 0.4) is 0 Å². The van der Waals surface area contributed by atoms with Crippen LogP contribution in [0.5, 0.6) is 5.75 Å². The summed E-state index contributed by atoms with van der Waals surface area (Å²) in [6, 6.07) is 3.77. The largest absolute Gasteiger partial charge is 0.867 e. The highest BCUT2D eigenvalue weighted by atomic mass is 16.3. The maximum Gasteiger partial charge on any atom is 0.378 e. The monoisotopic (exact) mass is 177 g/mol. The summed E-state index contributed by atoms with van der Waals surface area (Å²) in [7, 11) is 1.48. The van der Waals surface area contributed by atoms with Gasteiger partial charge in [0.15, 0.2) is 4.98 Å². The van der Waals surface area contributed by atoms with Crippen molar-refractivity contribution in [2.75, 3.05) is 7.05 Å². The predicted octanol–water partition coefficient (Wildman–Crippen LogP) is 0.604. The number of hydrogen-bond acceptors (Lipinski definition) is 3. The highest BCUT2D eigenvalue weighted by Crippen LogP contribution is 2.24. The van der Waals surface area contributed by atoms with Gasteiger partial charge < -0.3 is 10.4 Å². The summed E-state index contributed by atoms with van der Waals surface area (Å²) in [5.41, 5.74) is 0.149. The molecule has 0 bridgehead atoms. The van der Waals surface area contributed by atoms with Crippen molar-refractivity contribution < 1.29 is 9.90 Å². The smallest absolute Gasteiger partial charge is 0.378 e. The van der Waals surface area contributed by atoms with Crippen molar-refractivity contribution in [3.8, 4) is 5.75 Å². The van der Waals surface area contributed by atoms with Crippen molar-refractivity contribution in [1.29, 1.82) is 5.39 Å². The predicted molar refractivity (Wildman–Crippen MR) is 44.0 cm³/mol. The van der Waals surface area contributed by atoms with E-state index in [0.717, 1.165) is 0 Å². The zero-order valence-electron chi connectivity index (χ0n) is 6.94. The average molecular weight is 177 g/mol. The lowest BCUT2D eigenvalue weighted by molar-refractivity contribution is -0.266. The maximum absolute atomic E-state index is 11.1. The molecule has 0 aliphatic rings. The van der Waals surface area contributed by atoms with Gasteiger partial charge in [0.05, 0.1) is 0 Å². The van der Waals surface area contributed by atoms with Gasteiger partial charge in [-0.25, -0.2) is 0 Å². The van der Waals surface area contributed by atoms with Gasteiger partial charge in [0.25, 0.3) is 5.91 Å². The van der Waals surface area contributed by atoms with Crippen LogP contribution in [0.1, 0.15) is 10.4 Å². The molecule has 1 N–H and O–H groups in total. The zero-order chi connectivity index (χ0) is 9.84. The van der Waals surface area contributed by atoms with E-state index in [9.17, 15) is 9.90 Å². The van der Waals surface area contributed by atoms with Gasteiger partial charge in [-0.3, -0.25) is 4.79 Å². The standard InChI is InChI=1S/C8H7N3O2/c1-10-8(13)5-2-3-7(12)6(4-5)11-9/h2-4H,1H3,(H-,10,12,13). The first-order valence-electron chi connectivity index (χ1n) is 3.57. The number of nitrogens with zero attached hydrogens (tertiary/aromatic N) is 2. The summed E-state index contributed by atoms with van der Waals surface area (Å²) in [5.74, 6) is -0.750.